The van der Waals surface area contributed by atoms with Gasteiger partial charge in [0.25, 0.3) is 0 Å². The Morgan fingerprint density at radius 3 is 2.53 bits per heavy atom. The van der Waals surface area contributed by atoms with E-state index >= 15 is 0 Å². The SMILES string of the molecule is CCNc1ccc(OC)c(OC)c1C#N. The van der Waals surface area contributed by atoms with E-state index < -0.39 is 0 Å². The first-order valence-electron chi connectivity index (χ1n) is 4.67. The van der Waals surface area contributed by atoms with Gasteiger partial charge in [-0.15, -0.1) is 0 Å². The van der Waals surface area contributed by atoms with Crippen molar-refractivity contribution in [3.8, 4) is 17.6 Å². The molecule has 0 spiro atoms. The third-order valence-electron chi connectivity index (χ3n) is 2.02. The molecule has 0 aliphatic rings. The topological polar surface area (TPSA) is 54.3 Å². The van der Waals surface area contributed by atoms with Crippen molar-refractivity contribution in [3.05, 3.63) is 17.7 Å². The van der Waals surface area contributed by atoms with Gasteiger partial charge >= 0.3 is 0 Å². The summed E-state index contributed by atoms with van der Waals surface area (Å²) in [5, 5.41) is 12.1. The number of ether oxygens (including phenoxy) is 2. The summed E-state index contributed by atoms with van der Waals surface area (Å²) < 4.78 is 10.3. The Kier molecular flexibility index (Phi) is 3.81. The van der Waals surface area contributed by atoms with Crippen LogP contribution in [0.4, 0.5) is 5.69 Å². The molecule has 0 saturated heterocycles. The Labute approximate surface area is 89.4 Å². The van der Waals surface area contributed by atoms with Gasteiger partial charge < -0.3 is 14.8 Å². The quantitative estimate of drug-likeness (QED) is 0.818. The average Bonchev–Trinajstić information content (AvgIpc) is 2.28. The number of hydrogen-bond donors (Lipinski definition) is 1. The van der Waals surface area contributed by atoms with Gasteiger partial charge in [0.1, 0.15) is 11.6 Å². The Morgan fingerprint density at radius 2 is 2.07 bits per heavy atom. The molecule has 0 unspecified atom stereocenters. The predicted octanol–water partition coefficient (Wildman–Crippen LogP) is 2.01. The van der Waals surface area contributed by atoms with Gasteiger partial charge in [-0.05, 0) is 19.1 Å². The lowest BCUT2D eigenvalue weighted by Crippen LogP contribution is -2.02. The lowest BCUT2D eigenvalue weighted by atomic mass is 10.1. The molecule has 0 aromatic heterocycles. The summed E-state index contributed by atoms with van der Waals surface area (Å²) in [7, 11) is 3.07. The summed E-state index contributed by atoms with van der Waals surface area (Å²) in [6.07, 6.45) is 0. The van der Waals surface area contributed by atoms with Crippen LogP contribution in [-0.4, -0.2) is 20.8 Å². The average molecular weight is 206 g/mol. The van der Waals surface area contributed by atoms with Crippen molar-refractivity contribution in [2.45, 2.75) is 6.92 Å². The van der Waals surface area contributed by atoms with E-state index in [9.17, 15) is 0 Å². The number of anilines is 1. The van der Waals surface area contributed by atoms with E-state index in [0.29, 0.717) is 17.1 Å². The fourth-order valence-electron chi connectivity index (χ4n) is 1.38. The van der Waals surface area contributed by atoms with Gasteiger partial charge in [0.2, 0.25) is 0 Å². The highest BCUT2D eigenvalue weighted by Gasteiger charge is 2.13. The molecule has 80 valence electrons. The third kappa shape index (κ3) is 2.13. The first kappa shape index (κ1) is 11.2. The van der Waals surface area contributed by atoms with Gasteiger partial charge in [-0.1, -0.05) is 0 Å². The van der Waals surface area contributed by atoms with Crippen molar-refractivity contribution >= 4 is 5.69 Å². The summed E-state index contributed by atoms with van der Waals surface area (Å²) in [6, 6.07) is 5.69. The van der Waals surface area contributed by atoms with Crippen molar-refractivity contribution in [3.63, 3.8) is 0 Å². The molecule has 1 aromatic carbocycles. The fourth-order valence-corrected chi connectivity index (χ4v) is 1.38. The third-order valence-corrected chi connectivity index (χ3v) is 2.02. The van der Waals surface area contributed by atoms with Crippen LogP contribution in [0.25, 0.3) is 0 Å². The number of methoxy groups -OCH3 is 2. The zero-order chi connectivity index (χ0) is 11.3. The van der Waals surface area contributed by atoms with Crippen LogP contribution in [0, 0.1) is 11.3 Å². The number of nitrogens with one attached hydrogen (secondary N) is 1. The molecule has 0 fully saturated rings. The number of hydrogen-bond acceptors (Lipinski definition) is 4. The second kappa shape index (κ2) is 5.11. The Morgan fingerprint density at radius 1 is 1.33 bits per heavy atom. The molecule has 1 N–H and O–H groups in total. The smallest absolute Gasteiger partial charge is 0.180 e. The van der Waals surface area contributed by atoms with Crippen molar-refractivity contribution < 1.29 is 9.47 Å². The normalized spacial score (nSPS) is 9.20. The number of benzene rings is 1. The first-order valence-corrected chi connectivity index (χ1v) is 4.67. The lowest BCUT2D eigenvalue weighted by molar-refractivity contribution is 0.354. The largest absolute Gasteiger partial charge is 0.493 e. The standard InChI is InChI=1S/C11H14N2O2/c1-4-13-9-5-6-10(14-2)11(15-3)8(9)7-12/h5-6,13H,4H2,1-3H3. The Balaban J connectivity index is 3.29. The summed E-state index contributed by atoms with van der Waals surface area (Å²) in [4.78, 5) is 0. The van der Waals surface area contributed by atoms with Crippen LogP contribution >= 0.6 is 0 Å². The van der Waals surface area contributed by atoms with Gasteiger partial charge in [0.05, 0.1) is 19.9 Å². The van der Waals surface area contributed by atoms with Crippen molar-refractivity contribution in [2.75, 3.05) is 26.1 Å². The summed E-state index contributed by atoms with van der Waals surface area (Å²) >= 11 is 0. The highest BCUT2D eigenvalue weighted by Crippen LogP contribution is 2.35. The van der Waals surface area contributed by atoms with Gasteiger partial charge in [0.15, 0.2) is 11.5 Å². The monoisotopic (exact) mass is 206 g/mol. The maximum Gasteiger partial charge on any atom is 0.180 e. The Hall–Kier alpha value is -1.89. The van der Waals surface area contributed by atoms with Crippen molar-refractivity contribution in [1.29, 1.82) is 5.26 Å². The van der Waals surface area contributed by atoms with Crippen LogP contribution in [0.3, 0.4) is 0 Å². The number of nitrogens with zero attached hydrogens (tertiary/aromatic N) is 1. The molecule has 1 rings (SSSR count). The summed E-state index contributed by atoms with van der Waals surface area (Å²) in [6.45, 7) is 2.72. The van der Waals surface area contributed by atoms with Crippen LogP contribution in [-0.2, 0) is 0 Å². The van der Waals surface area contributed by atoms with E-state index in [-0.39, 0.29) is 0 Å². The van der Waals surface area contributed by atoms with E-state index in [1.807, 2.05) is 13.0 Å². The highest BCUT2D eigenvalue weighted by molar-refractivity contribution is 5.68. The summed E-state index contributed by atoms with van der Waals surface area (Å²) in [5.74, 6) is 1.04. The minimum Gasteiger partial charge on any atom is -0.493 e. The number of nitriles is 1. The van der Waals surface area contributed by atoms with Crippen LogP contribution in [0.2, 0.25) is 0 Å². The zero-order valence-corrected chi connectivity index (χ0v) is 9.13. The molecular formula is C11H14N2O2. The molecule has 0 bridgehead atoms. The Bertz CT molecular complexity index is 383. The van der Waals surface area contributed by atoms with E-state index in [1.54, 1.807) is 13.2 Å². The molecule has 4 heteroatoms. The molecular weight excluding hydrogens is 192 g/mol. The second-order valence-electron chi connectivity index (χ2n) is 2.87. The predicted molar refractivity (Wildman–Crippen MR) is 58.4 cm³/mol. The van der Waals surface area contributed by atoms with Gasteiger partial charge in [-0.3, -0.25) is 0 Å². The molecule has 0 heterocycles. The van der Waals surface area contributed by atoms with E-state index in [0.717, 1.165) is 12.2 Å². The van der Waals surface area contributed by atoms with Crippen molar-refractivity contribution in [1.82, 2.24) is 0 Å². The zero-order valence-electron chi connectivity index (χ0n) is 9.13. The van der Waals surface area contributed by atoms with Crippen LogP contribution < -0.4 is 14.8 Å². The second-order valence-corrected chi connectivity index (χ2v) is 2.87. The minimum atomic E-state index is 0.471. The number of rotatable bonds is 4. The molecule has 15 heavy (non-hydrogen) atoms. The minimum absolute atomic E-state index is 0.471. The first-order chi connectivity index (χ1) is 7.28. The van der Waals surface area contributed by atoms with Crippen molar-refractivity contribution in [2.24, 2.45) is 0 Å². The molecule has 0 aliphatic carbocycles. The van der Waals surface area contributed by atoms with Crippen LogP contribution in [0.15, 0.2) is 12.1 Å². The van der Waals surface area contributed by atoms with E-state index in [1.165, 1.54) is 7.11 Å². The molecule has 0 saturated carbocycles. The maximum absolute atomic E-state index is 9.05. The molecule has 1 aromatic rings. The van der Waals surface area contributed by atoms with Crippen LogP contribution in [0.1, 0.15) is 12.5 Å². The highest BCUT2D eigenvalue weighted by atomic mass is 16.5. The molecule has 0 amide bonds. The summed E-state index contributed by atoms with van der Waals surface area (Å²) in [5.41, 5.74) is 1.23. The van der Waals surface area contributed by atoms with Crippen LogP contribution in [0.5, 0.6) is 11.5 Å². The van der Waals surface area contributed by atoms with E-state index in [2.05, 4.69) is 11.4 Å². The van der Waals surface area contributed by atoms with E-state index in [4.69, 9.17) is 14.7 Å². The van der Waals surface area contributed by atoms with Gasteiger partial charge in [-0.2, -0.15) is 5.26 Å². The molecule has 0 atom stereocenters. The van der Waals surface area contributed by atoms with Gasteiger partial charge in [0, 0.05) is 6.54 Å². The molecule has 0 aliphatic heterocycles. The fraction of sp³-hybridized carbons (Fsp3) is 0.364. The lowest BCUT2D eigenvalue weighted by Gasteiger charge is -2.12. The molecule has 0 radical (unpaired) electrons. The molecule has 4 nitrogen and oxygen atoms in total. The maximum atomic E-state index is 9.05. The van der Waals surface area contributed by atoms with Gasteiger partial charge in [-0.25, -0.2) is 0 Å².